The van der Waals surface area contributed by atoms with E-state index in [2.05, 4.69) is 46.2 Å². The molecule has 2 atom stereocenters. The molecule has 1 fully saturated rings. The summed E-state index contributed by atoms with van der Waals surface area (Å²) in [6.07, 6.45) is 4.75. The van der Waals surface area contributed by atoms with Crippen LogP contribution in [-0.2, 0) is 12.8 Å². The Morgan fingerprint density at radius 2 is 2.07 bits per heavy atom. The average Bonchev–Trinajstić information content (AvgIpc) is 3.34. The summed E-state index contributed by atoms with van der Waals surface area (Å²) in [5.74, 6) is 3.13. The highest BCUT2D eigenvalue weighted by molar-refractivity contribution is 7.99. The van der Waals surface area contributed by atoms with E-state index in [-0.39, 0.29) is 0 Å². The number of fused-ring (bicyclic) bond motifs is 4. The van der Waals surface area contributed by atoms with E-state index in [1.54, 1.807) is 11.3 Å². The number of hydrogen-bond acceptors (Lipinski definition) is 4. The van der Waals surface area contributed by atoms with Gasteiger partial charge in [-0.05, 0) is 48.6 Å². The lowest BCUT2D eigenvalue weighted by Gasteiger charge is -2.40. The molecule has 2 aromatic rings. The maximum absolute atomic E-state index is 5.89. The van der Waals surface area contributed by atoms with Gasteiger partial charge in [0.25, 0.3) is 0 Å². The summed E-state index contributed by atoms with van der Waals surface area (Å²) < 4.78 is 5.89. The molecule has 4 aliphatic rings. The molecule has 0 spiro atoms. The fourth-order valence-electron chi connectivity index (χ4n) is 5.82. The smallest absolute Gasteiger partial charge is 0.125 e. The highest BCUT2D eigenvalue weighted by Gasteiger charge is 2.43. The van der Waals surface area contributed by atoms with Gasteiger partial charge in [-0.3, -0.25) is 0 Å². The van der Waals surface area contributed by atoms with Gasteiger partial charge in [0.1, 0.15) is 5.75 Å². The van der Waals surface area contributed by atoms with Crippen LogP contribution in [-0.4, -0.2) is 49.5 Å². The van der Waals surface area contributed by atoms with Crippen LogP contribution in [0.25, 0.3) is 0 Å². The summed E-state index contributed by atoms with van der Waals surface area (Å²) in [7, 11) is 0. The van der Waals surface area contributed by atoms with Crippen LogP contribution in [0.3, 0.4) is 0 Å². The van der Waals surface area contributed by atoms with E-state index < -0.39 is 0 Å². The number of hydrogen-bond donors (Lipinski definition) is 0. The maximum Gasteiger partial charge on any atom is 0.125 e. The minimum Gasteiger partial charge on any atom is -0.493 e. The third kappa shape index (κ3) is 2.76. The molecule has 0 amide bonds. The summed E-state index contributed by atoms with van der Waals surface area (Å²) in [5, 5.41) is 0. The zero-order valence-corrected chi connectivity index (χ0v) is 17.2. The zero-order chi connectivity index (χ0) is 18.5. The molecule has 4 heterocycles. The molecule has 2 aromatic carbocycles. The van der Waals surface area contributed by atoms with Crippen molar-refractivity contribution in [1.82, 2.24) is 4.90 Å². The number of likely N-dealkylation sites (tertiary alicyclic amines) is 1. The molecule has 6 rings (SSSR count). The van der Waals surface area contributed by atoms with Crippen molar-refractivity contribution in [3.05, 3.63) is 53.1 Å². The van der Waals surface area contributed by atoms with E-state index in [9.17, 15) is 0 Å². The number of aryl methyl sites for hydroxylation is 1. The highest BCUT2D eigenvalue weighted by Crippen LogP contribution is 2.50. The van der Waals surface area contributed by atoms with Crippen molar-refractivity contribution < 1.29 is 4.74 Å². The normalized spacial score (nSPS) is 25.2. The van der Waals surface area contributed by atoms with Crippen LogP contribution in [0, 0.1) is 0 Å². The van der Waals surface area contributed by atoms with Crippen LogP contribution in [0.5, 0.6) is 5.75 Å². The summed E-state index contributed by atoms with van der Waals surface area (Å²) in [6, 6.07) is 14.4. The molecule has 4 aliphatic heterocycles. The Morgan fingerprint density at radius 3 is 3.07 bits per heavy atom. The van der Waals surface area contributed by atoms with Gasteiger partial charge in [-0.2, -0.15) is 0 Å². The zero-order valence-electron chi connectivity index (χ0n) is 16.4. The van der Waals surface area contributed by atoms with Gasteiger partial charge in [0, 0.05) is 48.7 Å². The fourth-order valence-corrected chi connectivity index (χ4v) is 6.88. The molecular formula is C24H28N2OS. The predicted octanol–water partition coefficient (Wildman–Crippen LogP) is 4.34. The van der Waals surface area contributed by atoms with Gasteiger partial charge < -0.3 is 14.5 Å². The maximum atomic E-state index is 5.89. The number of thioether (sulfide) groups is 1. The Morgan fingerprint density at radius 1 is 1.11 bits per heavy atom. The largest absolute Gasteiger partial charge is 0.493 e. The van der Waals surface area contributed by atoms with E-state index in [0.29, 0.717) is 5.92 Å². The quantitative estimate of drug-likeness (QED) is 0.769. The second kappa shape index (κ2) is 7.00. The summed E-state index contributed by atoms with van der Waals surface area (Å²) >= 11 is 2.05. The van der Waals surface area contributed by atoms with Crippen molar-refractivity contribution in [3.63, 3.8) is 0 Å². The van der Waals surface area contributed by atoms with Crippen molar-refractivity contribution >= 4 is 17.4 Å². The van der Waals surface area contributed by atoms with Crippen LogP contribution in [0.4, 0.5) is 5.69 Å². The molecule has 0 bridgehead atoms. The molecule has 0 N–H and O–H groups in total. The van der Waals surface area contributed by atoms with Gasteiger partial charge in [-0.1, -0.05) is 30.3 Å². The van der Waals surface area contributed by atoms with E-state index in [1.807, 2.05) is 11.8 Å². The van der Waals surface area contributed by atoms with Crippen molar-refractivity contribution in [2.24, 2.45) is 0 Å². The van der Waals surface area contributed by atoms with Crippen LogP contribution >= 0.6 is 11.8 Å². The first kappa shape index (κ1) is 17.2. The number of nitrogens with zero attached hydrogens (tertiary/aromatic N) is 2. The van der Waals surface area contributed by atoms with E-state index in [0.717, 1.165) is 25.5 Å². The number of ether oxygens (including phenoxy) is 1. The predicted molar refractivity (Wildman–Crippen MR) is 116 cm³/mol. The van der Waals surface area contributed by atoms with Gasteiger partial charge in [0.15, 0.2) is 0 Å². The Hall–Kier alpha value is -1.65. The SMILES string of the molecule is c1cc(CCCN2CC[C@@H]3[C@H](C2)c2cccc4c2N3CCS4)c2c(c1)CCO2. The first-order valence-electron chi connectivity index (χ1n) is 10.9. The lowest BCUT2D eigenvalue weighted by atomic mass is 9.89. The van der Waals surface area contributed by atoms with E-state index >= 15 is 0 Å². The van der Waals surface area contributed by atoms with Crippen molar-refractivity contribution in [2.75, 3.05) is 43.4 Å². The summed E-state index contributed by atoms with van der Waals surface area (Å²) in [6.45, 7) is 5.77. The Bertz CT molecular complexity index is 898. The van der Waals surface area contributed by atoms with Gasteiger partial charge in [-0.25, -0.2) is 0 Å². The van der Waals surface area contributed by atoms with Crippen molar-refractivity contribution in [1.29, 1.82) is 0 Å². The molecule has 0 unspecified atom stereocenters. The van der Waals surface area contributed by atoms with Crippen molar-refractivity contribution in [3.8, 4) is 5.75 Å². The fraction of sp³-hybridized carbons (Fsp3) is 0.500. The lowest BCUT2D eigenvalue weighted by molar-refractivity contribution is 0.192. The Labute approximate surface area is 172 Å². The molecule has 1 saturated heterocycles. The van der Waals surface area contributed by atoms with Gasteiger partial charge in [0.05, 0.1) is 12.3 Å². The monoisotopic (exact) mass is 392 g/mol. The van der Waals surface area contributed by atoms with Crippen molar-refractivity contribution in [2.45, 2.75) is 42.5 Å². The number of benzene rings is 2. The Balaban J connectivity index is 1.13. The molecule has 0 aliphatic carbocycles. The van der Waals surface area contributed by atoms with Crippen LogP contribution in [0.1, 0.15) is 35.4 Å². The van der Waals surface area contributed by atoms with Gasteiger partial charge in [-0.15, -0.1) is 11.8 Å². The number of rotatable bonds is 4. The van der Waals surface area contributed by atoms with E-state index in [1.165, 1.54) is 66.5 Å². The molecule has 28 heavy (non-hydrogen) atoms. The van der Waals surface area contributed by atoms with Gasteiger partial charge >= 0.3 is 0 Å². The third-order valence-electron chi connectivity index (χ3n) is 7.08. The molecule has 146 valence electrons. The second-order valence-corrected chi connectivity index (χ2v) is 9.74. The topological polar surface area (TPSA) is 15.7 Å². The standard InChI is InChI=1S/C24H28N2OS/c1-4-17(24-18(5-1)10-14-27-24)6-3-11-25-12-9-21-20(16-25)19-7-2-8-22-23(19)26(21)13-15-28-22/h1-2,4-5,7-8,20-21H,3,6,9-16H2/t20-,21-/m1/s1. The summed E-state index contributed by atoms with van der Waals surface area (Å²) in [5.41, 5.74) is 6.01. The molecule has 3 nitrogen and oxygen atoms in total. The van der Waals surface area contributed by atoms with Crippen LogP contribution in [0.15, 0.2) is 41.3 Å². The van der Waals surface area contributed by atoms with Crippen LogP contribution < -0.4 is 9.64 Å². The molecule has 0 aromatic heterocycles. The highest BCUT2D eigenvalue weighted by atomic mass is 32.2. The molecule has 4 heteroatoms. The average molecular weight is 393 g/mol. The third-order valence-corrected chi connectivity index (χ3v) is 8.11. The minimum absolute atomic E-state index is 0.701. The van der Waals surface area contributed by atoms with Gasteiger partial charge in [0.2, 0.25) is 0 Å². The summed E-state index contributed by atoms with van der Waals surface area (Å²) in [4.78, 5) is 6.98. The first-order valence-corrected chi connectivity index (χ1v) is 11.9. The second-order valence-electron chi connectivity index (χ2n) is 8.61. The number of para-hydroxylation sites is 2. The first-order chi connectivity index (χ1) is 13.9. The number of anilines is 1. The molecule has 0 saturated carbocycles. The van der Waals surface area contributed by atoms with Crippen LogP contribution in [0.2, 0.25) is 0 Å². The molecular weight excluding hydrogens is 364 g/mol. The minimum atomic E-state index is 0.701. The van der Waals surface area contributed by atoms with E-state index in [4.69, 9.17) is 4.74 Å². The lowest BCUT2D eigenvalue weighted by Crippen LogP contribution is -2.47. The number of piperidine rings is 1. The molecule has 0 radical (unpaired) electrons. The Kier molecular flexibility index (Phi) is 4.31.